The van der Waals surface area contributed by atoms with E-state index in [9.17, 15) is 14.0 Å². The zero-order valence-corrected chi connectivity index (χ0v) is 16.8. The van der Waals surface area contributed by atoms with Gasteiger partial charge in [-0.15, -0.1) is 11.8 Å². The van der Waals surface area contributed by atoms with Crippen LogP contribution in [-0.4, -0.2) is 40.4 Å². The summed E-state index contributed by atoms with van der Waals surface area (Å²) in [4.78, 5) is 27.8. The molecule has 1 aliphatic heterocycles. The number of hydrogen-bond acceptors (Lipinski definition) is 3. The summed E-state index contributed by atoms with van der Waals surface area (Å²) in [6, 6.07) is 5.32. The van der Waals surface area contributed by atoms with Gasteiger partial charge in [-0.25, -0.2) is 4.39 Å². The van der Waals surface area contributed by atoms with Crippen molar-refractivity contribution in [2.24, 2.45) is 5.92 Å². The van der Waals surface area contributed by atoms with E-state index < -0.39 is 11.9 Å². The average molecular weight is 393 g/mol. The molecule has 1 saturated heterocycles. The highest BCUT2D eigenvalue weighted by atomic mass is 32.2. The fraction of sp³-hybridized carbons (Fsp3) is 0.619. The number of nitrogens with zero attached hydrogens (tertiary/aromatic N) is 1. The second kappa shape index (κ2) is 9.58. The van der Waals surface area contributed by atoms with Crippen LogP contribution < -0.4 is 5.32 Å². The maximum Gasteiger partial charge on any atom is 0.255 e. The van der Waals surface area contributed by atoms with Crippen LogP contribution in [0.5, 0.6) is 0 Å². The van der Waals surface area contributed by atoms with Gasteiger partial charge < -0.3 is 10.2 Å². The third-order valence-electron chi connectivity index (χ3n) is 5.53. The molecule has 27 heavy (non-hydrogen) atoms. The van der Waals surface area contributed by atoms with Crippen molar-refractivity contribution in [3.05, 3.63) is 35.6 Å². The third kappa shape index (κ3) is 4.84. The summed E-state index contributed by atoms with van der Waals surface area (Å²) in [6.45, 7) is 2.71. The molecule has 1 saturated carbocycles. The molecule has 1 N–H and O–H groups in total. The standard InChI is InChI=1S/C21H29FN2O2S/c1-2-3-12-23-19(25)18-14-27-21(15-8-5-4-6-9-15)24(18)20(26)16-10-7-11-17(22)13-16/h7,10-11,13,15,18,21H,2-6,8-9,12,14H2,1H3,(H,23,25)/t18-,21-/m1/s1. The van der Waals surface area contributed by atoms with Gasteiger partial charge in [-0.3, -0.25) is 9.59 Å². The van der Waals surface area contributed by atoms with Crippen molar-refractivity contribution in [1.82, 2.24) is 10.2 Å². The van der Waals surface area contributed by atoms with Gasteiger partial charge >= 0.3 is 0 Å². The zero-order chi connectivity index (χ0) is 19.2. The molecule has 6 heteroatoms. The number of thioether (sulfide) groups is 1. The highest BCUT2D eigenvalue weighted by Crippen LogP contribution is 2.41. The molecule has 1 aromatic carbocycles. The fourth-order valence-corrected chi connectivity index (χ4v) is 5.69. The Morgan fingerprint density at radius 3 is 2.74 bits per heavy atom. The van der Waals surface area contributed by atoms with Gasteiger partial charge in [0.2, 0.25) is 5.91 Å². The van der Waals surface area contributed by atoms with Crippen molar-refractivity contribution < 1.29 is 14.0 Å². The lowest BCUT2D eigenvalue weighted by molar-refractivity contribution is -0.125. The van der Waals surface area contributed by atoms with Gasteiger partial charge in [-0.05, 0) is 43.4 Å². The lowest BCUT2D eigenvalue weighted by Gasteiger charge is -2.35. The van der Waals surface area contributed by atoms with Gasteiger partial charge in [0.25, 0.3) is 5.91 Å². The van der Waals surface area contributed by atoms with Crippen molar-refractivity contribution >= 4 is 23.6 Å². The molecule has 0 bridgehead atoms. The Balaban J connectivity index is 1.82. The monoisotopic (exact) mass is 392 g/mol. The van der Waals surface area contributed by atoms with Crippen molar-refractivity contribution in [3.63, 3.8) is 0 Å². The van der Waals surface area contributed by atoms with Gasteiger partial charge in [0, 0.05) is 17.9 Å². The van der Waals surface area contributed by atoms with Gasteiger partial charge in [0.1, 0.15) is 11.9 Å². The van der Waals surface area contributed by atoms with Crippen LogP contribution in [0.1, 0.15) is 62.2 Å². The molecule has 2 aliphatic rings. The van der Waals surface area contributed by atoms with E-state index in [1.165, 1.54) is 31.4 Å². The molecule has 2 atom stereocenters. The van der Waals surface area contributed by atoms with Gasteiger partial charge in [0.15, 0.2) is 0 Å². The second-order valence-electron chi connectivity index (χ2n) is 7.51. The molecule has 0 unspecified atom stereocenters. The molecule has 3 rings (SSSR count). The predicted octanol–water partition coefficient (Wildman–Crippen LogP) is 4.21. The van der Waals surface area contributed by atoms with Crippen LogP contribution in [0.4, 0.5) is 4.39 Å². The molecule has 1 heterocycles. The molecule has 0 spiro atoms. The molecular weight excluding hydrogens is 363 g/mol. The van der Waals surface area contributed by atoms with E-state index >= 15 is 0 Å². The first-order valence-electron chi connectivity index (χ1n) is 10.1. The normalized spacial score (nSPS) is 23.4. The maximum absolute atomic E-state index is 13.7. The van der Waals surface area contributed by atoms with Crippen LogP contribution in [0.15, 0.2) is 24.3 Å². The van der Waals surface area contributed by atoms with E-state index in [1.54, 1.807) is 28.8 Å². The highest BCUT2D eigenvalue weighted by molar-refractivity contribution is 8.00. The topological polar surface area (TPSA) is 49.4 Å². The third-order valence-corrected chi connectivity index (χ3v) is 6.99. The van der Waals surface area contributed by atoms with Gasteiger partial charge in [-0.2, -0.15) is 0 Å². The minimum Gasteiger partial charge on any atom is -0.354 e. The number of nitrogens with one attached hydrogen (secondary N) is 1. The minimum atomic E-state index is -0.477. The Bertz CT molecular complexity index is 663. The quantitative estimate of drug-likeness (QED) is 0.738. The van der Waals surface area contributed by atoms with Crippen LogP contribution in [0.3, 0.4) is 0 Å². The van der Waals surface area contributed by atoms with Crippen LogP contribution >= 0.6 is 11.8 Å². The molecule has 1 aliphatic carbocycles. The number of hydrogen-bond donors (Lipinski definition) is 1. The van der Waals surface area contributed by atoms with Crippen molar-refractivity contribution in [1.29, 1.82) is 0 Å². The van der Waals surface area contributed by atoms with E-state index in [2.05, 4.69) is 12.2 Å². The van der Waals surface area contributed by atoms with E-state index in [4.69, 9.17) is 0 Å². The van der Waals surface area contributed by atoms with E-state index in [0.717, 1.165) is 25.7 Å². The first kappa shape index (κ1) is 20.2. The molecule has 0 aromatic heterocycles. The molecular formula is C21H29FN2O2S. The predicted molar refractivity (Wildman–Crippen MR) is 107 cm³/mol. The van der Waals surface area contributed by atoms with Gasteiger partial charge in [0.05, 0.1) is 5.37 Å². The molecule has 2 fully saturated rings. The fourth-order valence-electron chi connectivity index (χ4n) is 4.05. The number of carbonyl (C=O) groups excluding carboxylic acids is 2. The minimum absolute atomic E-state index is 0.00277. The number of halogens is 1. The molecule has 2 amide bonds. The Kier molecular flexibility index (Phi) is 7.16. The number of carbonyl (C=O) groups is 2. The first-order valence-corrected chi connectivity index (χ1v) is 11.1. The molecule has 4 nitrogen and oxygen atoms in total. The Labute approximate surface area is 165 Å². The largest absolute Gasteiger partial charge is 0.354 e. The summed E-state index contributed by atoms with van der Waals surface area (Å²) in [5, 5.41) is 2.98. The zero-order valence-electron chi connectivity index (χ0n) is 16.0. The summed E-state index contributed by atoms with van der Waals surface area (Å²) in [6.07, 6.45) is 7.72. The first-order chi connectivity index (χ1) is 13.1. The molecule has 148 valence electrons. The summed E-state index contributed by atoms with van der Waals surface area (Å²) in [7, 11) is 0. The highest BCUT2D eigenvalue weighted by Gasteiger charge is 2.45. The lowest BCUT2D eigenvalue weighted by Crippen LogP contribution is -2.51. The average Bonchev–Trinajstić information content (AvgIpc) is 3.13. The number of benzene rings is 1. The molecule has 1 aromatic rings. The van der Waals surface area contributed by atoms with Crippen LogP contribution in [0.2, 0.25) is 0 Å². The Hall–Kier alpha value is -1.56. The van der Waals surface area contributed by atoms with E-state index in [0.29, 0.717) is 23.8 Å². The Morgan fingerprint density at radius 1 is 1.26 bits per heavy atom. The summed E-state index contributed by atoms with van der Waals surface area (Å²) < 4.78 is 13.7. The van der Waals surface area contributed by atoms with Crippen LogP contribution in [0.25, 0.3) is 0 Å². The van der Waals surface area contributed by atoms with Crippen molar-refractivity contribution in [2.45, 2.75) is 63.3 Å². The van der Waals surface area contributed by atoms with Crippen molar-refractivity contribution in [2.75, 3.05) is 12.3 Å². The summed E-state index contributed by atoms with van der Waals surface area (Å²) in [5.41, 5.74) is 0.324. The van der Waals surface area contributed by atoms with Crippen LogP contribution in [0, 0.1) is 11.7 Å². The second-order valence-corrected chi connectivity index (χ2v) is 8.65. The molecule has 0 radical (unpaired) electrons. The van der Waals surface area contributed by atoms with Gasteiger partial charge in [-0.1, -0.05) is 38.7 Å². The van der Waals surface area contributed by atoms with Crippen molar-refractivity contribution in [3.8, 4) is 0 Å². The SMILES string of the molecule is CCCCNC(=O)[C@H]1CS[C@H](C2CCCCC2)N1C(=O)c1cccc(F)c1. The number of amides is 2. The Morgan fingerprint density at radius 2 is 2.04 bits per heavy atom. The number of rotatable bonds is 6. The maximum atomic E-state index is 13.7. The summed E-state index contributed by atoms with van der Waals surface area (Å²) in [5.74, 6) is 0.283. The van der Waals surface area contributed by atoms with E-state index in [-0.39, 0.29) is 17.2 Å². The summed E-state index contributed by atoms with van der Waals surface area (Å²) >= 11 is 1.71. The lowest BCUT2D eigenvalue weighted by atomic mass is 9.88. The van der Waals surface area contributed by atoms with E-state index in [1.807, 2.05) is 0 Å². The smallest absolute Gasteiger partial charge is 0.255 e. The van der Waals surface area contributed by atoms with Crippen LogP contribution in [-0.2, 0) is 4.79 Å². The number of unbranched alkanes of at least 4 members (excludes halogenated alkanes) is 1.